The third-order valence-electron chi connectivity index (χ3n) is 4.76. The van der Waals surface area contributed by atoms with Crippen LogP contribution in [0.1, 0.15) is 29.6 Å². The van der Waals surface area contributed by atoms with Gasteiger partial charge in [0.2, 0.25) is 5.95 Å². The molecule has 2 atom stereocenters. The molecule has 3 heterocycles. The van der Waals surface area contributed by atoms with Gasteiger partial charge in [0.1, 0.15) is 5.82 Å². The predicted molar refractivity (Wildman–Crippen MR) is 106 cm³/mol. The lowest BCUT2D eigenvalue weighted by Crippen LogP contribution is -2.34. The summed E-state index contributed by atoms with van der Waals surface area (Å²) >= 11 is 0. The number of amides is 1. The SMILES string of the molecule is Nc1cc(C(=O)N[C@H]2CC[C@H](Nc3nccc(-c4cccnc4)n3)C2)ccn1. The number of pyridine rings is 2. The number of aromatic nitrogens is 4. The fourth-order valence-corrected chi connectivity index (χ4v) is 3.39. The summed E-state index contributed by atoms with van der Waals surface area (Å²) in [6, 6.07) is 9.25. The van der Waals surface area contributed by atoms with E-state index >= 15 is 0 Å². The Morgan fingerprint density at radius 2 is 1.93 bits per heavy atom. The topological polar surface area (TPSA) is 119 Å². The van der Waals surface area contributed by atoms with Crippen molar-refractivity contribution in [3.05, 3.63) is 60.7 Å². The summed E-state index contributed by atoms with van der Waals surface area (Å²) in [5.74, 6) is 0.791. The van der Waals surface area contributed by atoms with Gasteiger partial charge in [-0.2, -0.15) is 0 Å². The second-order valence-corrected chi connectivity index (χ2v) is 6.80. The first-order valence-electron chi connectivity index (χ1n) is 9.20. The number of nitrogens with one attached hydrogen (secondary N) is 2. The molecule has 1 aliphatic carbocycles. The quantitative estimate of drug-likeness (QED) is 0.626. The predicted octanol–water partition coefficient (Wildman–Crippen LogP) is 2.28. The Labute approximate surface area is 162 Å². The van der Waals surface area contributed by atoms with Gasteiger partial charge in [0.25, 0.3) is 5.91 Å². The standard InChI is InChI=1S/C20H21N7O/c21-18-10-13(5-8-23-18)19(28)25-15-3-4-16(11-15)26-20-24-9-6-17(27-20)14-2-1-7-22-12-14/h1-2,5-10,12,15-16H,3-4,11H2,(H2,21,23)(H,25,28)(H,24,26,27)/t15-,16-/m0/s1. The second kappa shape index (κ2) is 7.99. The van der Waals surface area contributed by atoms with E-state index in [0.717, 1.165) is 30.5 Å². The number of nitrogens with two attached hydrogens (primary N) is 1. The average Bonchev–Trinajstić information content (AvgIpc) is 3.15. The van der Waals surface area contributed by atoms with Gasteiger partial charge >= 0.3 is 0 Å². The van der Waals surface area contributed by atoms with Crippen molar-refractivity contribution in [3.63, 3.8) is 0 Å². The number of carbonyl (C=O) groups excluding carboxylic acids is 1. The Morgan fingerprint density at radius 3 is 2.75 bits per heavy atom. The highest BCUT2D eigenvalue weighted by molar-refractivity contribution is 5.94. The van der Waals surface area contributed by atoms with Gasteiger partial charge in [-0.25, -0.2) is 15.0 Å². The van der Waals surface area contributed by atoms with E-state index < -0.39 is 0 Å². The first kappa shape index (κ1) is 17.8. The zero-order valence-electron chi connectivity index (χ0n) is 15.2. The van der Waals surface area contributed by atoms with Gasteiger partial charge in [-0.1, -0.05) is 0 Å². The second-order valence-electron chi connectivity index (χ2n) is 6.80. The maximum absolute atomic E-state index is 12.4. The minimum atomic E-state index is -0.130. The van der Waals surface area contributed by atoms with Crippen LogP contribution >= 0.6 is 0 Å². The van der Waals surface area contributed by atoms with Gasteiger partial charge < -0.3 is 16.4 Å². The molecule has 8 nitrogen and oxygen atoms in total. The lowest BCUT2D eigenvalue weighted by atomic mass is 10.2. The summed E-state index contributed by atoms with van der Waals surface area (Å²) in [7, 11) is 0. The minimum Gasteiger partial charge on any atom is -0.384 e. The number of nitrogens with zero attached hydrogens (tertiary/aromatic N) is 4. The van der Waals surface area contributed by atoms with Crippen molar-refractivity contribution in [2.24, 2.45) is 0 Å². The van der Waals surface area contributed by atoms with Crippen molar-refractivity contribution in [2.45, 2.75) is 31.3 Å². The van der Waals surface area contributed by atoms with E-state index in [1.165, 1.54) is 6.20 Å². The van der Waals surface area contributed by atoms with Crippen LogP contribution in [0.4, 0.5) is 11.8 Å². The molecule has 4 N–H and O–H groups in total. The lowest BCUT2D eigenvalue weighted by molar-refractivity contribution is 0.0937. The molecule has 0 radical (unpaired) electrons. The van der Waals surface area contributed by atoms with E-state index in [-0.39, 0.29) is 18.0 Å². The van der Waals surface area contributed by atoms with Crippen LogP contribution in [0.25, 0.3) is 11.3 Å². The van der Waals surface area contributed by atoms with E-state index in [1.807, 2.05) is 18.2 Å². The monoisotopic (exact) mass is 375 g/mol. The summed E-state index contributed by atoms with van der Waals surface area (Å²) < 4.78 is 0. The summed E-state index contributed by atoms with van der Waals surface area (Å²) in [4.78, 5) is 29.3. The van der Waals surface area contributed by atoms with Crippen LogP contribution in [-0.2, 0) is 0 Å². The van der Waals surface area contributed by atoms with Crippen LogP contribution in [0.15, 0.2) is 55.1 Å². The molecule has 3 aromatic heterocycles. The summed E-state index contributed by atoms with van der Waals surface area (Å²) in [6.07, 6.45) is 9.43. The molecule has 8 heteroatoms. The summed E-state index contributed by atoms with van der Waals surface area (Å²) in [6.45, 7) is 0. The van der Waals surface area contributed by atoms with Crippen molar-refractivity contribution in [3.8, 4) is 11.3 Å². The molecule has 1 fully saturated rings. The Bertz CT molecular complexity index is 964. The van der Waals surface area contributed by atoms with E-state index in [2.05, 4.69) is 30.6 Å². The molecular formula is C20H21N7O. The fourth-order valence-electron chi connectivity index (χ4n) is 3.39. The van der Waals surface area contributed by atoms with E-state index in [1.54, 1.807) is 30.7 Å². The molecule has 1 amide bonds. The molecule has 28 heavy (non-hydrogen) atoms. The molecule has 1 aliphatic rings. The Balaban J connectivity index is 1.36. The van der Waals surface area contributed by atoms with Crippen LogP contribution < -0.4 is 16.4 Å². The average molecular weight is 375 g/mol. The Morgan fingerprint density at radius 1 is 1.07 bits per heavy atom. The number of nitrogen functional groups attached to an aromatic ring is 1. The smallest absolute Gasteiger partial charge is 0.251 e. The zero-order valence-corrected chi connectivity index (χ0v) is 15.2. The van der Waals surface area contributed by atoms with Crippen LogP contribution in [0.3, 0.4) is 0 Å². The third kappa shape index (κ3) is 4.22. The first-order valence-corrected chi connectivity index (χ1v) is 9.20. The molecule has 1 saturated carbocycles. The van der Waals surface area contributed by atoms with Crippen molar-refractivity contribution in [2.75, 3.05) is 11.1 Å². The first-order chi connectivity index (χ1) is 13.7. The Hall–Kier alpha value is -3.55. The van der Waals surface area contributed by atoms with E-state index in [4.69, 9.17) is 5.73 Å². The molecular weight excluding hydrogens is 354 g/mol. The highest BCUT2D eigenvalue weighted by atomic mass is 16.1. The van der Waals surface area contributed by atoms with Gasteiger partial charge in [-0.3, -0.25) is 9.78 Å². The summed E-state index contributed by atoms with van der Waals surface area (Å²) in [5, 5.41) is 6.44. The van der Waals surface area contributed by atoms with Crippen molar-refractivity contribution in [1.82, 2.24) is 25.3 Å². The minimum absolute atomic E-state index is 0.0981. The zero-order chi connectivity index (χ0) is 19.3. The van der Waals surface area contributed by atoms with Gasteiger partial charge in [-0.15, -0.1) is 0 Å². The normalized spacial score (nSPS) is 18.6. The Kier molecular flexibility index (Phi) is 5.09. The van der Waals surface area contributed by atoms with Crippen molar-refractivity contribution >= 4 is 17.7 Å². The van der Waals surface area contributed by atoms with Gasteiger partial charge in [0, 0.05) is 48.0 Å². The molecule has 3 aromatic rings. The van der Waals surface area contributed by atoms with Crippen LogP contribution in [0, 0.1) is 0 Å². The highest BCUT2D eigenvalue weighted by Gasteiger charge is 2.26. The van der Waals surface area contributed by atoms with Crippen LogP contribution in [0.5, 0.6) is 0 Å². The van der Waals surface area contributed by atoms with Crippen molar-refractivity contribution < 1.29 is 4.79 Å². The van der Waals surface area contributed by atoms with E-state index in [9.17, 15) is 4.79 Å². The van der Waals surface area contributed by atoms with Gasteiger partial charge in [-0.05, 0) is 49.6 Å². The molecule has 4 rings (SSSR count). The largest absolute Gasteiger partial charge is 0.384 e. The van der Waals surface area contributed by atoms with Crippen molar-refractivity contribution in [1.29, 1.82) is 0 Å². The van der Waals surface area contributed by atoms with Gasteiger partial charge in [0.15, 0.2) is 0 Å². The molecule has 142 valence electrons. The number of anilines is 2. The number of hydrogen-bond donors (Lipinski definition) is 3. The molecule has 0 saturated heterocycles. The summed E-state index contributed by atoms with van der Waals surface area (Å²) in [5.41, 5.74) is 7.94. The molecule has 0 bridgehead atoms. The van der Waals surface area contributed by atoms with Crippen LogP contribution in [0.2, 0.25) is 0 Å². The molecule has 0 spiro atoms. The fraction of sp³-hybridized carbons (Fsp3) is 0.250. The third-order valence-corrected chi connectivity index (χ3v) is 4.76. The molecule has 0 aromatic carbocycles. The maximum Gasteiger partial charge on any atom is 0.251 e. The molecule has 0 unspecified atom stereocenters. The number of rotatable bonds is 5. The van der Waals surface area contributed by atoms with Gasteiger partial charge in [0.05, 0.1) is 5.69 Å². The highest BCUT2D eigenvalue weighted by Crippen LogP contribution is 2.23. The maximum atomic E-state index is 12.4. The molecule has 0 aliphatic heterocycles. The number of hydrogen-bond acceptors (Lipinski definition) is 7. The van der Waals surface area contributed by atoms with Crippen LogP contribution in [-0.4, -0.2) is 37.9 Å². The number of carbonyl (C=O) groups is 1. The van der Waals surface area contributed by atoms with E-state index in [0.29, 0.717) is 17.3 Å². The lowest BCUT2D eigenvalue weighted by Gasteiger charge is -2.15.